The van der Waals surface area contributed by atoms with Gasteiger partial charge in [0.2, 0.25) is 0 Å². The van der Waals surface area contributed by atoms with Crippen LogP contribution in [0.5, 0.6) is 0 Å². The molecule has 1 aromatic heterocycles. The number of rotatable bonds is 8. The molecule has 0 unspecified atom stereocenters. The molecule has 1 atom stereocenters. The second kappa shape index (κ2) is 9.85. The zero-order chi connectivity index (χ0) is 22.8. The van der Waals surface area contributed by atoms with Crippen LogP contribution in [0.3, 0.4) is 0 Å². The molecule has 0 spiro atoms. The highest BCUT2D eigenvalue weighted by molar-refractivity contribution is 5.60. The van der Waals surface area contributed by atoms with Crippen molar-refractivity contribution in [2.24, 2.45) is 17.3 Å². The van der Waals surface area contributed by atoms with Crippen LogP contribution in [-0.4, -0.2) is 57.9 Å². The van der Waals surface area contributed by atoms with Crippen LogP contribution in [0.4, 0.5) is 0 Å². The number of ether oxygens (including phenoxy) is 1. The van der Waals surface area contributed by atoms with Gasteiger partial charge in [0.25, 0.3) is 0 Å². The van der Waals surface area contributed by atoms with E-state index in [-0.39, 0.29) is 12.0 Å². The van der Waals surface area contributed by atoms with E-state index in [0.29, 0.717) is 17.8 Å². The Kier molecular flexibility index (Phi) is 6.86. The van der Waals surface area contributed by atoms with E-state index in [1.165, 1.54) is 42.4 Å². The molecule has 0 bridgehead atoms. The van der Waals surface area contributed by atoms with Crippen molar-refractivity contribution in [1.29, 1.82) is 0 Å². The van der Waals surface area contributed by atoms with Crippen LogP contribution >= 0.6 is 0 Å². The number of benzene rings is 1. The predicted molar refractivity (Wildman–Crippen MR) is 130 cm³/mol. The fourth-order valence-electron chi connectivity index (χ4n) is 5.59. The average molecular weight is 453 g/mol. The molecule has 2 saturated heterocycles. The lowest BCUT2D eigenvalue weighted by atomic mass is 9.75. The Labute approximate surface area is 198 Å². The first-order valence-electron chi connectivity index (χ1n) is 13.0. The number of aliphatic hydroxyl groups is 1. The van der Waals surface area contributed by atoms with E-state index in [1.807, 2.05) is 4.68 Å². The molecule has 1 N–H and O–H groups in total. The van der Waals surface area contributed by atoms with Gasteiger partial charge in [0.15, 0.2) is 0 Å². The van der Waals surface area contributed by atoms with Gasteiger partial charge in [-0.2, -0.15) is 0 Å². The van der Waals surface area contributed by atoms with Gasteiger partial charge < -0.3 is 9.84 Å². The number of hydrogen-bond acceptors (Lipinski definition) is 5. The maximum Gasteiger partial charge on any atom is 0.113 e. The van der Waals surface area contributed by atoms with Crippen LogP contribution in [-0.2, 0) is 17.8 Å². The highest BCUT2D eigenvalue weighted by Crippen LogP contribution is 2.43. The zero-order valence-corrected chi connectivity index (χ0v) is 20.4. The van der Waals surface area contributed by atoms with Gasteiger partial charge in [0.1, 0.15) is 5.69 Å². The second-order valence-corrected chi connectivity index (χ2v) is 11.3. The third-order valence-electron chi connectivity index (χ3n) is 8.20. The third kappa shape index (κ3) is 5.50. The van der Waals surface area contributed by atoms with Gasteiger partial charge in [-0.05, 0) is 85.4 Å². The van der Waals surface area contributed by atoms with Crippen LogP contribution in [0, 0.1) is 17.3 Å². The molecule has 3 aliphatic rings. The van der Waals surface area contributed by atoms with Crippen molar-refractivity contribution < 1.29 is 9.84 Å². The summed E-state index contributed by atoms with van der Waals surface area (Å²) in [4.78, 5) is 2.61. The fraction of sp³-hybridized carbons (Fsp3) is 0.704. The number of aromatic nitrogens is 3. The van der Waals surface area contributed by atoms with Crippen LogP contribution in [0.25, 0.3) is 11.3 Å². The average Bonchev–Trinajstić information content (AvgIpc) is 3.58. The molecule has 6 nitrogen and oxygen atoms in total. The summed E-state index contributed by atoms with van der Waals surface area (Å²) in [6, 6.07) is 6.96. The fourth-order valence-corrected chi connectivity index (χ4v) is 5.59. The van der Waals surface area contributed by atoms with Crippen molar-refractivity contribution in [2.45, 2.75) is 71.4 Å². The van der Waals surface area contributed by atoms with E-state index in [4.69, 9.17) is 4.74 Å². The largest absolute Gasteiger partial charge is 0.396 e. The Morgan fingerprint density at radius 2 is 1.94 bits per heavy atom. The molecule has 2 aliphatic heterocycles. The maximum atomic E-state index is 9.84. The topological polar surface area (TPSA) is 63.4 Å². The molecule has 33 heavy (non-hydrogen) atoms. The summed E-state index contributed by atoms with van der Waals surface area (Å²) in [6.07, 6.45) is 9.39. The smallest absolute Gasteiger partial charge is 0.113 e. The molecule has 1 aromatic carbocycles. The lowest BCUT2D eigenvalue weighted by Gasteiger charge is -2.41. The van der Waals surface area contributed by atoms with Crippen LogP contribution in [0.1, 0.15) is 69.4 Å². The predicted octanol–water partition coefficient (Wildman–Crippen LogP) is 4.48. The first-order chi connectivity index (χ1) is 16.0. The van der Waals surface area contributed by atoms with E-state index in [1.54, 1.807) is 0 Å². The standard InChI is InChI=1S/C27H40N4O2/c1-27(2,19-32)24-4-3-11-30(17-24)16-23-8-7-22(14-25(23)21-5-6-21)26-18-31(29-28-26)15-20-9-12-33-13-10-20/h7-8,14,18,20-21,24,32H,3-6,9-13,15-17,19H2,1-2H3/t24-/m0/s1. The Morgan fingerprint density at radius 3 is 2.70 bits per heavy atom. The molecule has 0 radical (unpaired) electrons. The molecule has 5 rings (SSSR count). The molecular weight excluding hydrogens is 412 g/mol. The SMILES string of the molecule is CC(C)(CO)[C@H]1CCCN(Cc2ccc(-c3cn(CC4CCOCC4)nn3)cc2C2CC2)C1. The van der Waals surface area contributed by atoms with Gasteiger partial charge >= 0.3 is 0 Å². The van der Waals surface area contributed by atoms with Crippen molar-refractivity contribution in [3.8, 4) is 11.3 Å². The van der Waals surface area contributed by atoms with Crippen molar-refractivity contribution >= 4 is 0 Å². The molecule has 2 aromatic rings. The first kappa shape index (κ1) is 23.0. The first-order valence-corrected chi connectivity index (χ1v) is 13.0. The molecule has 1 saturated carbocycles. The third-order valence-corrected chi connectivity index (χ3v) is 8.20. The Hall–Kier alpha value is -1.76. The summed E-state index contributed by atoms with van der Waals surface area (Å²) in [7, 11) is 0. The maximum absolute atomic E-state index is 9.84. The second-order valence-electron chi connectivity index (χ2n) is 11.3. The highest BCUT2D eigenvalue weighted by Gasteiger charge is 2.33. The monoisotopic (exact) mass is 452 g/mol. The van der Waals surface area contributed by atoms with E-state index in [9.17, 15) is 5.11 Å². The normalized spacial score (nSPS) is 23.2. The number of hydrogen-bond donors (Lipinski definition) is 1. The molecule has 180 valence electrons. The number of likely N-dealkylation sites (tertiary alicyclic amines) is 1. The lowest BCUT2D eigenvalue weighted by molar-refractivity contribution is 0.0381. The van der Waals surface area contributed by atoms with Crippen molar-refractivity contribution in [3.05, 3.63) is 35.5 Å². The van der Waals surface area contributed by atoms with Gasteiger partial charge in [-0.15, -0.1) is 5.10 Å². The summed E-state index contributed by atoms with van der Waals surface area (Å²) >= 11 is 0. The molecule has 3 heterocycles. The van der Waals surface area contributed by atoms with Crippen molar-refractivity contribution in [3.63, 3.8) is 0 Å². The van der Waals surface area contributed by atoms with Crippen LogP contribution in [0.15, 0.2) is 24.4 Å². The number of aliphatic hydroxyl groups excluding tert-OH is 1. The Balaban J connectivity index is 1.29. The van der Waals surface area contributed by atoms with Gasteiger partial charge in [-0.1, -0.05) is 31.2 Å². The van der Waals surface area contributed by atoms with Gasteiger partial charge in [-0.3, -0.25) is 9.58 Å². The van der Waals surface area contributed by atoms with Crippen LogP contribution in [0.2, 0.25) is 0 Å². The van der Waals surface area contributed by atoms with E-state index >= 15 is 0 Å². The lowest BCUT2D eigenvalue weighted by Crippen LogP contribution is -2.42. The van der Waals surface area contributed by atoms with Crippen molar-refractivity contribution in [2.75, 3.05) is 32.9 Å². The van der Waals surface area contributed by atoms with E-state index < -0.39 is 0 Å². The molecule has 1 aliphatic carbocycles. The minimum absolute atomic E-state index is 0.00166. The van der Waals surface area contributed by atoms with E-state index in [2.05, 4.69) is 53.5 Å². The van der Waals surface area contributed by atoms with Crippen LogP contribution < -0.4 is 0 Å². The van der Waals surface area contributed by atoms with Crippen molar-refractivity contribution in [1.82, 2.24) is 19.9 Å². The number of piperidine rings is 1. The minimum Gasteiger partial charge on any atom is -0.396 e. The summed E-state index contributed by atoms with van der Waals surface area (Å²) in [6.45, 7) is 10.6. The highest BCUT2D eigenvalue weighted by atomic mass is 16.5. The Bertz CT molecular complexity index is 930. The molecule has 6 heteroatoms. The molecule has 3 fully saturated rings. The zero-order valence-electron chi connectivity index (χ0n) is 20.4. The van der Waals surface area contributed by atoms with Gasteiger partial charge in [0.05, 0.1) is 6.20 Å². The molecular formula is C27H40N4O2. The quantitative estimate of drug-likeness (QED) is 0.640. The summed E-state index contributed by atoms with van der Waals surface area (Å²) in [5.41, 5.74) is 5.15. The summed E-state index contributed by atoms with van der Waals surface area (Å²) in [5.74, 6) is 1.90. The summed E-state index contributed by atoms with van der Waals surface area (Å²) < 4.78 is 7.51. The minimum atomic E-state index is -0.00166. The van der Waals surface area contributed by atoms with E-state index in [0.717, 1.165) is 57.9 Å². The molecule has 0 amide bonds. The summed E-state index contributed by atoms with van der Waals surface area (Å²) in [5, 5.41) is 18.8. The van der Waals surface area contributed by atoms with Gasteiger partial charge in [0, 0.05) is 45.0 Å². The van der Waals surface area contributed by atoms with Gasteiger partial charge in [-0.25, -0.2) is 0 Å². The number of nitrogens with zero attached hydrogens (tertiary/aromatic N) is 4. The Morgan fingerprint density at radius 1 is 1.12 bits per heavy atom.